The normalized spacial score (nSPS) is 13.2. The minimum atomic E-state index is -3.57. The first kappa shape index (κ1) is 8.93. The number of hydrogen-bond donors (Lipinski definition) is 1. The zero-order chi connectivity index (χ0) is 8.31. The van der Waals surface area contributed by atoms with Crippen LogP contribution in [0.5, 0.6) is 0 Å². The summed E-state index contributed by atoms with van der Waals surface area (Å²) in [7, 11) is 0. The van der Waals surface area contributed by atoms with Crippen LogP contribution in [0.25, 0.3) is 0 Å². The van der Waals surface area contributed by atoms with Crippen LogP contribution < -0.4 is 0 Å². The third-order valence-corrected chi connectivity index (χ3v) is 0.682. The highest BCUT2D eigenvalue weighted by Gasteiger charge is 2.32. The lowest BCUT2D eigenvalue weighted by molar-refractivity contribution is -0.154. The van der Waals surface area contributed by atoms with Crippen molar-refractivity contribution in [2.24, 2.45) is 0 Å². The second-order valence-corrected chi connectivity index (χ2v) is 1.41. The van der Waals surface area contributed by atoms with Crippen LogP contribution in [0.1, 0.15) is 0 Å². The number of carboxylic acid groups (broad SMARTS) is 1. The van der Waals surface area contributed by atoms with E-state index in [9.17, 15) is 22.8 Å². The highest BCUT2D eigenvalue weighted by Crippen LogP contribution is 2.05. The number of rotatable bonds is 3. The number of alkyl halides is 3. The van der Waals surface area contributed by atoms with Crippen LogP contribution in [0.15, 0.2) is 0 Å². The van der Waals surface area contributed by atoms with Gasteiger partial charge in [0.25, 0.3) is 12.2 Å². The average molecular weight is 156 g/mol. The summed E-state index contributed by atoms with van der Waals surface area (Å²) in [4.78, 5) is 19.4. The fraction of sp³-hybridized carbons (Fsp3) is 0.500. The summed E-state index contributed by atoms with van der Waals surface area (Å²) in [6.45, 7) is 0. The van der Waals surface area contributed by atoms with Crippen LogP contribution >= 0.6 is 0 Å². The largest absolute Gasteiger partial charge is 0.475 e. The zero-order valence-electron chi connectivity index (χ0n) is 4.55. The van der Waals surface area contributed by atoms with Crippen molar-refractivity contribution >= 4 is 11.8 Å². The van der Waals surface area contributed by atoms with Crippen LogP contribution in [0.3, 0.4) is 0 Å². The molecular formula is C4H3F3O3. The second kappa shape index (κ2) is 3.19. The number of carbonyl (C=O) groups is 2. The second-order valence-electron chi connectivity index (χ2n) is 1.41. The van der Waals surface area contributed by atoms with E-state index >= 15 is 0 Å². The van der Waals surface area contributed by atoms with Crippen molar-refractivity contribution in [1.29, 1.82) is 0 Å². The maximum absolute atomic E-state index is 11.7. The highest BCUT2D eigenvalue weighted by atomic mass is 19.3. The Morgan fingerprint density at radius 3 is 1.70 bits per heavy atom. The maximum Gasteiger partial charge on any atom is 0.375 e. The van der Waals surface area contributed by atoms with Gasteiger partial charge in [0.15, 0.2) is 0 Å². The Morgan fingerprint density at radius 1 is 1.20 bits per heavy atom. The predicted molar refractivity (Wildman–Crippen MR) is 23.5 cm³/mol. The molecule has 3 nitrogen and oxygen atoms in total. The van der Waals surface area contributed by atoms with Crippen LogP contribution in [-0.2, 0) is 9.59 Å². The summed E-state index contributed by atoms with van der Waals surface area (Å²) in [5, 5.41) is 7.68. The van der Waals surface area contributed by atoms with Crippen LogP contribution in [0.4, 0.5) is 13.2 Å². The molecule has 58 valence electrons. The third-order valence-electron chi connectivity index (χ3n) is 0.682. The molecule has 0 radical (unpaired) electrons. The van der Waals surface area contributed by atoms with E-state index in [1.54, 1.807) is 0 Å². The summed E-state index contributed by atoms with van der Waals surface area (Å²) in [6.07, 6.45) is -6.78. The summed E-state index contributed by atoms with van der Waals surface area (Å²) in [6, 6.07) is 0. The minimum Gasteiger partial charge on any atom is -0.475 e. The van der Waals surface area contributed by atoms with Crippen LogP contribution in [0, 0.1) is 0 Å². The smallest absolute Gasteiger partial charge is 0.375 e. The minimum absolute atomic E-state index is 2.12. The van der Waals surface area contributed by atoms with E-state index in [0.29, 0.717) is 0 Å². The molecule has 0 saturated heterocycles. The van der Waals surface area contributed by atoms with Gasteiger partial charge in [-0.2, -0.15) is 0 Å². The van der Waals surface area contributed by atoms with Crippen molar-refractivity contribution in [2.45, 2.75) is 12.6 Å². The summed E-state index contributed by atoms with van der Waals surface area (Å²) in [5.41, 5.74) is 0. The Morgan fingerprint density at radius 2 is 1.60 bits per heavy atom. The molecule has 0 amide bonds. The monoisotopic (exact) mass is 156 g/mol. The van der Waals surface area contributed by atoms with Crippen molar-refractivity contribution in [1.82, 2.24) is 0 Å². The number of halogens is 3. The van der Waals surface area contributed by atoms with Crippen LogP contribution in [-0.4, -0.2) is 29.5 Å². The lowest BCUT2D eigenvalue weighted by Crippen LogP contribution is -2.30. The Kier molecular flexibility index (Phi) is 2.85. The SMILES string of the molecule is O=C(O)C(=O)C(F)C(F)F. The van der Waals surface area contributed by atoms with Gasteiger partial charge in [0.1, 0.15) is 0 Å². The lowest BCUT2D eigenvalue weighted by atomic mass is 10.3. The first-order valence-corrected chi connectivity index (χ1v) is 2.16. The molecular weight excluding hydrogens is 153 g/mol. The number of hydrogen-bond acceptors (Lipinski definition) is 2. The van der Waals surface area contributed by atoms with Crippen molar-refractivity contribution in [3.05, 3.63) is 0 Å². The summed E-state index contributed by atoms with van der Waals surface area (Å²) < 4.78 is 34.0. The molecule has 0 heterocycles. The third kappa shape index (κ3) is 2.04. The van der Waals surface area contributed by atoms with E-state index in [-0.39, 0.29) is 0 Å². The van der Waals surface area contributed by atoms with Gasteiger partial charge in [-0.05, 0) is 0 Å². The Hall–Kier alpha value is -1.07. The molecule has 0 aliphatic rings. The van der Waals surface area contributed by atoms with Crippen LogP contribution in [0.2, 0.25) is 0 Å². The Balaban J connectivity index is 4.08. The quantitative estimate of drug-likeness (QED) is 0.595. The van der Waals surface area contributed by atoms with E-state index in [1.807, 2.05) is 0 Å². The fourth-order valence-corrected chi connectivity index (χ4v) is 0.232. The summed E-state index contributed by atoms with van der Waals surface area (Å²) in [5.74, 6) is -4.30. The molecule has 0 saturated carbocycles. The predicted octanol–water partition coefficient (Wildman–Crippen LogP) is 0.243. The van der Waals surface area contributed by atoms with E-state index in [2.05, 4.69) is 0 Å². The molecule has 0 aromatic rings. The standard InChI is InChI=1S/C4H3F3O3/c5-1(3(6)7)2(8)4(9)10/h1,3H,(H,9,10). The molecule has 0 aromatic heterocycles. The first-order chi connectivity index (χ1) is 4.46. The molecule has 1 N–H and O–H groups in total. The molecule has 0 bridgehead atoms. The number of carboxylic acids is 1. The molecule has 0 aliphatic carbocycles. The van der Waals surface area contributed by atoms with Gasteiger partial charge < -0.3 is 5.11 Å². The number of carbonyl (C=O) groups excluding carboxylic acids is 1. The molecule has 0 spiro atoms. The topological polar surface area (TPSA) is 54.4 Å². The van der Waals surface area contributed by atoms with Crippen molar-refractivity contribution in [2.75, 3.05) is 0 Å². The molecule has 0 fully saturated rings. The molecule has 0 rings (SSSR count). The van der Waals surface area contributed by atoms with Crippen molar-refractivity contribution in [3.8, 4) is 0 Å². The van der Waals surface area contributed by atoms with Gasteiger partial charge in [0.2, 0.25) is 6.17 Å². The van der Waals surface area contributed by atoms with Crippen molar-refractivity contribution < 1.29 is 27.9 Å². The van der Waals surface area contributed by atoms with Gasteiger partial charge in [0, 0.05) is 0 Å². The number of ketones is 1. The van der Waals surface area contributed by atoms with E-state index in [0.717, 1.165) is 0 Å². The van der Waals surface area contributed by atoms with E-state index < -0.39 is 24.3 Å². The Bertz CT molecular complexity index is 156. The van der Waals surface area contributed by atoms with Gasteiger partial charge in [-0.15, -0.1) is 0 Å². The Labute approximate surface area is 53.4 Å². The molecule has 0 aliphatic heterocycles. The molecule has 1 unspecified atom stereocenters. The van der Waals surface area contributed by atoms with Gasteiger partial charge in [-0.1, -0.05) is 0 Å². The fourth-order valence-electron chi connectivity index (χ4n) is 0.232. The van der Waals surface area contributed by atoms with E-state index in [1.165, 1.54) is 0 Å². The van der Waals surface area contributed by atoms with Gasteiger partial charge in [-0.25, -0.2) is 18.0 Å². The van der Waals surface area contributed by atoms with E-state index in [4.69, 9.17) is 5.11 Å². The lowest BCUT2D eigenvalue weighted by Gasteiger charge is -1.99. The van der Waals surface area contributed by atoms with Gasteiger partial charge >= 0.3 is 5.97 Å². The summed E-state index contributed by atoms with van der Waals surface area (Å²) >= 11 is 0. The number of Topliss-reactive ketones (excluding diaryl/α,β-unsaturated/α-hetero) is 1. The average Bonchev–Trinajstić information content (AvgIpc) is 1.84. The maximum atomic E-state index is 11.7. The van der Waals surface area contributed by atoms with Gasteiger partial charge in [-0.3, -0.25) is 4.79 Å². The molecule has 0 aromatic carbocycles. The highest BCUT2D eigenvalue weighted by molar-refractivity contribution is 6.34. The van der Waals surface area contributed by atoms with Crippen molar-refractivity contribution in [3.63, 3.8) is 0 Å². The van der Waals surface area contributed by atoms with Gasteiger partial charge in [0.05, 0.1) is 0 Å². The number of aliphatic carboxylic acids is 1. The zero-order valence-corrected chi connectivity index (χ0v) is 4.55. The molecule has 10 heavy (non-hydrogen) atoms. The molecule has 1 atom stereocenters. The molecule has 6 heteroatoms. The first-order valence-electron chi connectivity index (χ1n) is 2.16.